The number of hydrogen-bond donors (Lipinski definition) is 1. The van der Waals surface area contributed by atoms with Gasteiger partial charge in [0.15, 0.2) is 0 Å². The van der Waals surface area contributed by atoms with Gasteiger partial charge in [0.1, 0.15) is 16.9 Å². The third-order valence-corrected chi connectivity index (χ3v) is 4.51. The molecule has 2 atom stereocenters. The van der Waals surface area contributed by atoms with Gasteiger partial charge >= 0.3 is 0 Å². The summed E-state index contributed by atoms with van der Waals surface area (Å²) in [6.45, 7) is 3.51. The second-order valence-electron chi connectivity index (χ2n) is 4.87. The molecule has 1 amide bonds. The van der Waals surface area contributed by atoms with E-state index in [0.717, 1.165) is 17.8 Å². The van der Waals surface area contributed by atoms with Crippen molar-refractivity contribution < 1.29 is 4.79 Å². The van der Waals surface area contributed by atoms with Crippen LogP contribution < -0.4 is 5.73 Å². The zero-order valence-electron chi connectivity index (χ0n) is 10.2. The number of hydrogen-bond acceptors (Lipinski definition) is 4. The number of aromatic nitrogens is 2. The fourth-order valence-electron chi connectivity index (χ4n) is 2.62. The van der Waals surface area contributed by atoms with E-state index in [-0.39, 0.29) is 11.9 Å². The fraction of sp³-hybridized carbons (Fsp3) is 0.500. The van der Waals surface area contributed by atoms with Crippen molar-refractivity contribution in [1.82, 2.24) is 14.3 Å². The SMILES string of the molecule is CC1CC(CN)CN1C(=O)c1csc2cncn12. The Morgan fingerprint density at radius 2 is 2.50 bits per heavy atom. The maximum atomic E-state index is 12.5. The van der Waals surface area contributed by atoms with Crippen molar-refractivity contribution >= 4 is 22.1 Å². The van der Waals surface area contributed by atoms with E-state index in [1.807, 2.05) is 14.7 Å². The molecule has 2 N–H and O–H groups in total. The lowest BCUT2D eigenvalue weighted by Crippen LogP contribution is -2.35. The molecule has 0 spiro atoms. The van der Waals surface area contributed by atoms with Gasteiger partial charge in [-0.3, -0.25) is 9.20 Å². The van der Waals surface area contributed by atoms with E-state index in [0.29, 0.717) is 18.2 Å². The van der Waals surface area contributed by atoms with Crippen molar-refractivity contribution in [2.24, 2.45) is 11.7 Å². The standard InChI is InChI=1S/C12H16N4OS/c1-8-2-9(3-13)5-15(8)12(17)10-6-18-11-4-14-7-16(10)11/h4,6-9H,2-3,5,13H2,1H3. The van der Waals surface area contributed by atoms with Crippen LogP contribution >= 0.6 is 11.3 Å². The summed E-state index contributed by atoms with van der Waals surface area (Å²) < 4.78 is 1.86. The molecule has 18 heavy (non-hydrogen) atoms. The van der Waals surface area contributed by atoms with Gasteiger partial charge in [-0.05, 0) is 25.8 Å². The molecule has 0 saturated carbocycles. The summed E-state index contributed by atoms with van der Waals surface area (Å²) >= 11 is 1.54. The summed E-state index contributed by atoms with van der Waals surface area (Å²) in [7, 11) is 0. The number of nitrogens with zero attached hydrogens (tertiary/aromatic N) is 3. The summed E-state index contributed by atoms with van der Waals surface area (Å²) in [6.07, 6.45) is 4.47. The first-order chi connectivity index (χ1) is 8.70. The number of fused-ring (bicyclic) bond motifs is 1. The van der Waals surface area contributed by atoms with Crippen LogP contribution in [0.15, 0.2) is 17.9 Å². The monoisotopic (exact) mass is 264 g/mol. The van der Waals surface area contributed by atoms with Gasteiger partial charge < -0.3 is 10.6 Å². The Balaban J connectivity index is 1.89. The van der Waals surface area contributed by atoms with Crippen molar-refractivity contribution in [3.8, 4) is 0 Å². The molecule has 0 radical (unpaired) electrons. The minimum absolute atomic E-state index is 0.0858. The smallest absolute Gasteiger partial charge is 0.271 e. The molecule has 1 saturated heterocycles. The molecule has 1 fully saturated rings. The van der Waals surface area contributed by atoms with Crippen LogP contribution in [0, 0.1) is 5.92 Å². The Bertz CT molecular complexity index is 575. The van der Waals surface area contributed by atoms with Gasteiger partial charge in [0.2, 0.25) is 0 Å². The summed E-state index contributed by atoms with van der Waals surface area (Å²) in [5.74, 6) is 0.517. The van der Waals surface area contributed by atoms with E-state index in [9.17, 15) is 4.79 Å². The first kappa shape index (κ1) is 11.7. The summed E-state index contributed by atoms with van der Waals surface area (Å²) in [6, 6.07) is 0.268. The van der Waals surface area contributed by atoms with Gasteiger partial charge in [-0.25, -0.2) is 4.98 Å². The van der Waals surface area contributed by atoms with Gasteiger partial charge in [0.05, 0.1) is 6.20 Å². The third-order valence-electron chi connectivity index (χ3n) is 3.63. The maximum Gasteiger partial charge on any atom is 0.271 e. The highest BCUT2D eigenvalue weighted by Gasteiger charge is 2.33. The number of thiazole rings is 1. The second kappa shape index (κ2) is 4.37. The van der Waals surface area contributed by atoms with E-state index in [4.69, 9.17) is 5.73 Å². The molecule has 2 aromatic rings. The number of likely N-dealkylation sites (tertiary alicyclic amines) is 1. The lowest BCUT2D eigenvalue weighted by molar-refractivity contribution is 0.0736. The molecule has 1 aliphatic heterocycles. The van der Waals surface area contributed by atoms with Crippen LogP contribution in [0.25, 0.3) is 4.83 Å². The zero-order valence-corrected chi connectivity index (χ0v) is 11.1. The van der Waals surface area contributed by atoms with Crippen molar-refractivity contribution in [2.45, 2.75) is 19.4 Å². The molecule has 5 nitrogen and oxygen atoms in total. The van der Waals surface area contributed by atoms with Crippen LogP contribution in [0.2, 0.25) is 0 Å². The first-order valence-corrected chi connectivity index (χ1v) is 6.99. The van der Waals surface area contributed by atoms with E-state index < -0.39 is 0 Å². The zero-order chi connectivity index (χ0) is 12.7. The van der Waals surface area contributed by atoms with Crippen molar-refractivity contribution in [1.29, 1.82) is 0 Å². The van der Waals surface area contributed by atoms with Gasteiger partial charge in [-0.1, -0.05) is 0 Å². The normalized spacial score (nSPS) is 24.0. The molecule has 2 unspecified atom stereocenters. The van der Waals surface area contributed by atoms with E-state index in [1.54, 1.807) is 23.9 Å². The van der Waals surface area contributed by atoms with Gasteiger partial charge in [0.25, 0.3) is 5.91 Å². The predicted molar refractivity (Wildman–Crippen MR) is 70.7 cm³/mol. The van der Waals surface area contributed by atoms with Gasteiger partial charge in [-0.2, -0.15) is 0 Å². The topological polar surface area (TPSA) is 63.6 Å². The van der Waals surface area contributed by atoms with E-state index >= 15 is 0 Å². The molecule has 1 aliphatic rings. The Morgan fingerprint density at radius 1 is 1.67 bits per heavy atom. The maximum absolute atomic E-state index is 12.5. The molecule has 6 heteroatoms. The summed E-state index contributed by atoms with van der Waals surface area (Å²) in [4.78, 5) is 19.5. The second-order valence-corrected chi connectivity index (χ2v) is 5.76. The Morgan fingerprint density at radius 3 is 3.22 bits per heavy atom. The molecule has 96 valence electrons. The minimum Gasteiger partial charge on any atom is -0.334 e. The number of carbonyl (C=O) groups excluding carboxylic acids is 1. The average molecular weight is 264 g/mol. The molecule has 3 heterocycles. The minimum atomic E-state index is 0.0858. The Hall–Kier alpha value is -1.40. The molecule has 0 aliphatic carbocycles. The molecular formula is C12H16N4OS. The van der Waals surface area contributed by atoms with Crippen molar-refractivity contribution in [3.63, 3.8) is 0 Å². The Labute approximate surface area is 109 Å². The lowest BCUT2D eigenvalue weighted by atomic mass is 10.1. The van der Waals surface area contributed by atoms with Crippen LogP contribution in [0.5, 0.6) is 0 Å². The number of carbonyl (C=O) groups is 1. The fourth-order valence-corrected chi connectivity index (χ4v) is 3.45. The molecule has 3 rings (SSSR count). The van der Waals surface area contributed by atoms with Crippen LogP contribution in [0.3, 0.4) is 0 Å². The first-order valence-electron chi connectivity index (χ1n) is 6.11. The Kier molecular flexibility index (Phi) is 2.83. The van der Waals surface area contributed by atoms with E-state index in [2.05, 4.69) is 11.9 Å². The molecule has 2 aromatic heterocycles. The predicted octanol–water partition coefficient (Wildman–Crippen LogP) is 1.21. The molecular weight excluding hydrogens is 248 g/mol. The summed E-state index contributed by atoms with van der Waals surface area (Å²) in [5.41, 5.74) is 6.41. The highest BCUT2D eigenvalue weighted by molar-refractivity contribution is 7.15. The number of amides is 1. The number of imidazole rings is 1. The van der Waals surface area contributed by atoms with Gasteiger partial charge in [-0.15, -0.1) is 11.3 Å². The van der Waals surface area contributed by atoms with Crippen molar-refractivity contribution in [3.05, 3.63) is 23.6 Å². The highest BCUT2D eigenvalue weighted by Crippen LogP contribution is 2.25. The lowest BCUT2D eigenvalue weighted by Gasteiger charge is -2.20. The molecule has 0 aromatic carbocycles. The van der Waals surface area contributed by atoms with Crippen LogP contribution in [-0.4, -0.2) is 39.3 Å². The third kappa shape index (κ3) is 1.72. The van der Waals surface area contributed by atoms with Crippen LogP contribution in [0.1, 0.15) is 23.8 Å². The number of rotatable bonds is 2. The van der Waals surface area contributed by atoms with Crippen LogP contribution in [0.4, 0.5) is 0 Å². The average Bonchev–Trinajstić information content (AvgIpc) is 3.01. The van der Waals surface area contributed by atoms with Crippen LogP contribution in [-0.2, 0) is 0 Å². The van der Waals surface area contributed by atoms with Crippen molar-refractivity contribution in [2.75, 3.05) is 13.1 Å². The highest BCUT2D eigenvalue weighted by atomic mass is 32.1. The largest absolute Gasteiger partial charge is 0.334 e. The quantitative estimate of drug-likeness (QED) is 0.886. The van der Waals surface area contributed by atoms with Gasteiger partial charge in [0, 0.05) is 18.0 Å². The summed E-state index contributed by atoms with van der Waals surface area (Å²) in [5, 5.41) is 1.90. The number of nitrogens with two attached hydrogens (primary N) is 1. The van der Waals surface area contributed by atoms with E-state index in [1.165, 1.54) is 0 Å². The molecule has 0 bridgehead atoms.